The Kier molecular flexibility index (Phi) is 2.06. The first-order chi connectivity index (χ1) is 4.70. The van der Waals surface area contributed by atoms with Gasteiger partial charge in [-0.2, -0.15) is 0 Å². The highest BCUT2D eigenvalue weighted by molar-refractivity contribution is 5.74. The van der Waals surface area contributed by atoms with E-state index >= 15 is 0 Å². The maximum absolute atomic E-state index is 10.4. The zero-order chi connectivity index (χ0) is 7.56. The van der Waals surface area contributed by atoms with Gasteiger partial charge in [-0.25, -0.2) is 0 Å². The molecule has 0 amide bonds. The van der Waals surface area contributed by atoms with Gasteiger partial charge in [0.25, 0.3) is 0 Å². The molecule has 0 unspecified atom stereocenters. The third kappa shape index (κ3) is 1.57. The van der Waals surface area contributed by atoms with Crippen LogP contribution in [0.15, 0.2) is 12.2 Å². The fourth-order valence-electron chi connectivity index (χ4n) is 1.03. The molecule has 0 aromatic carbocycles. The van der Waals surface area contributed by atoms with Crippen LogP contribution in [0.3, 0.4) is 0 Å². The molecule has 0 aromatic heterocycles. The van der Waals surface area contributed by atoms with Gasteiger partial charge < -0.3 is 5.11 Å². The highest BCUT2D eigenvalue weighted by Gasteiger charge is 2.19. The molecule has 3 nitrogen and oxygen atoms in total. The molecule has 0 radical (unpaired) electrons. The van der Waals surface area contributed by atoms with Crippen LogP contribution in [-0.4, -0.2) is 23.2 Å². The second-order valence-corrected chi connectivity index (χ2v) is 2.51. The summed E-state index contributed by atoms with van der Waals surface area (Å²) in [5, 5.41) is 11.5. The van der Waals surface area contributed by atoms with Crippen molar-refractivity contribution in [3.8, 4) is 0 Å². The molecular weight excluding hydrogens is 130 g/mol. The molecule has 2 N–H and O–H groups in total. The first kappa shape index (κ1) is 7.28. The molecule has 1 aliphatic heterocycles. The maximum atomic E-state index is 10.4. The Morgan fingerprint density at radius 2 is 2.50 bits per heavy atom. The molecule has 3 heteroatoms. The Labute approximate surface area is 59.7 Å². The summed E-state index contributed by atoms with van der Waals surface area (Å²) in [6.45, 7) is 1.94. The van der Waals surface area contributed by atoms with Crippen molar-refractivity contribution in [3.63, 3.8) is 0 Å². The van der Waals surface area contributed by atoms with Gasteiger partial charge in [-0.15, -0.1) is 0 Å². The lowest BCUT2D eigenvalue weighted by Gasteiger charge is -2.20. The van der Waals surface area contributed by atoms with Gasteiger partial charge in [-0.1, -0.05) is 12.2 Å². The Morgan fingerprint density at radius 1 is 1.80 bits per heavy atom. The van der Waals surface area contributed by atoms with Crippen molar-refractivity contribution in [1.29, 1.82) is 0 Å². The molecule has 0 aliphatic carbocycles. The zero-order valence-corrected chi connectivity index (χ0v) is 5.87. The van der Waals surface area contributed by atoms with Gasteiger partial charge in [-0.3, -0.25) is 10.1 Å². The van der Waals surface area contributed by atoms with E-state index in [0.717, 1.165) is 0 Å². The predicted molar refractivity (Wildman–Crippen MR) is 37.8 cm³/mol. The van der Waals surface area contributed by atoms with E-state index in [2.05, 4.69) is 5.32 Å². The lowest BCUT2D eigenvalue weighted by Crippen LogP contribution is -2.43. The lowest BCUT2D eigenvalue weighted by atomic mass is 10.1. The largest absolute Gasteiger partial charge is 0.480 e. The van der Waals surface area contributed by atoms with E-state index in [0.29, 0.717) is 6.42 Å². The number of aliphatic carboxylic acids is 1. The zero-order valence-electron chi connectivity index (χ0n) is 5.87. The van der Waals surface area contributed by atoms with Gasteiger partial charge >= 0.3 is 5.97 Å². The molecular formula is C7H11NO2. The van der Waals surface area contributed by atoms with Crippen molar-refractivity contribution >= 4 is 5.97 Å². The normalized spacial score (nSPS) is 32.1. The van der Waals surface area contributed by atoms with E-state index in [1.54, 1.807) is 0 Å². The summed E-state index contributed by atoms with van der Waals surface area (Å²) in [5.41, 5.74) is 0. The van der Waals surface area contributed by atoms with Crippen LogP contribution in [0.5, 0.6) is 0 Å². The van der Waals surface area contributed by atoms with Gasteiger partial charge in [0.15, 0.2) is 0 Å². The second-order valence-electron chi connectivity index (χ2n) is 2.51. The predicted octanol–water partition coefficient (Wildman–Crippen LogP) is 0.378. The molecule has 1 aliphatic rings. The van der Waals surface area contributed by atoms with Crippen molar-refractivity contribution in [2.24, 2.45) is 0 Å². The minimum atomic E-state index is -0.767. The summed E-state index contributed by atoms with van der Waals surface area (Å²) in [5.74, 6) is -0.767. The quantitative estimate of drug-likeness (QED) is 0.519. The van der Waals surface area contributed by atoms with Crippen molar-refractivity contribution in [2.45, 2.75) is 25.4 Å². The number of carboxylic acids is 1. The average molecular weight is 141 g/mol. The first-order valence-corrected chi connectivity index (χ1v) is 3.35. The number of hydrogen-bond donors (Lipinski definition) is 2. The van der Waals surface area contributed by atoms with E-state index in [1.165, 1.54) is 0 Å². The van der Waals surface area contributed by atoms with Crippen molar-refractivity contribution in [3.05, 3.63) is 12.2 Å². The third-order valence-corrected chi connectivity index (χ3v) is 1.56. The monoisotopic (exact) mass is 141 g/mol. The summed E-state index contributed by atoms with van der Waals surface area (Å²) in [6, 6.07) is -0.199. The number of carbonyl (C=O) groups is 1. The highest BCUT2D eigenvalue weighted by atomic mass is 16.4. The van der Waals surface area contributed by atoms with Crippen LogP contribution in [0, 0.1) is 0 Å². The van der Waals surface area contributed by atoms with Crippen LogP contribution in [-0.2, 0) is 4.79 Å². The standard InChI is InChI=1S/C7H11NO2/c1-5-3-2-4-6(8-5)7(9)10/h2-3,5-6,8H,4H2,1H3,(H,9,10)/t5-,6-/m1/s1. The van der Waals surface area contributed by atoms with Crippen LogP contribution < -0.4 is 5.32 Å². The number of hydrogen-bond acceptors (Lipinski definition) is 2. The van der Waals surface area contributed by atoms with E-state index in [4.69, 9.17) is 5.11 Å². The second kappa shape index (κ2) is 2.84. The third-order valence-electron chi connectivity index (χ3n) is 1.56. The van der Waals surface area contributed by atoms with Crippen LogP contribution in [0.1, 0.15) is 13.3 Å². The molecule has 1 rings (SSSR count). The molecule has 0 saturated carbocycles. The molecule has 0 spiro atoms. The molecule has 0 fully saturated rings. The topological polar surface area (TPSA) is 49.3 Å². The number of nitrogens with one attached hydrogen (secondary N) is 1. The maximum Gasteiger partial charge on any atom is 0.321 e. The van der Waals surface area contributed by atoms with Crippen molar-refractivity contribution in [2.75, 3.05) is 0 Å². The lowest BCUT2D eigenvalue weighted by molar-refractivity contribution is -0.139. The summed E-state index contributed by atoms with van der Waals surface area (Å²) in [4.78, 5) is 10.4. The molecule has 2 atom stereocenters. The Morgan fingerprint density at radius 3 is 2.90 bits per heavy atom. The Bertz CT molecular complexity index is 165. The van der Waals surface area contributed by atoms with E-state index in [1.807, 2.05) is 19.1 Å². The molecule has 0 aromatic rings. The van der Waals surface area contributed by atoms with Gasteiger partial charge in [0.05, 0.1) is 0 Å². The Hall–Kier alpha value is -0.830. The molecule has 0 bridgehead atoms. The molecule has 1 heterocycles. The fourth-order valence-corrected chi connectivity index (χ4v) is 1.03. The Balaban J connectivity index is 2.52. The van der Waals surface area contributed by atoms with E-state index in [9.17, 15) is 4.79 Å². The smallest absolute Gasteiger partial charge is 0.321 e. The van der Waals surface area contributed by atoms with Crippen molar-refractivity contribution in [1.82, 2.24) is 5.32 Å². The summed E-state index contributed by atoms with van der Waals surface area (Å²) in [7, 11) is 0. The summed E-state index contributed by atoms with van der Waals surface area (Å²) < 4.78 is 0. The fraction of sp³-hybridized carbons (Fsp3) is 0.571. The summed E-state index contributed by atoms with van der Waals surface area (Å²) in [6.07, 6.45) is 4.47. The van der Waals surface area contributed by atoms with Gasteiger partial charge in [0, 0.05) is 6.04 Å². The van der Waals surface area contributed by atoms with Gasteiger partial charge in [0.2, 0.25) is 0 Å². The van der Waals surface area contributed by atoms with Gasteiger partial charge in [-0.05, 0) is 13.3 Å². The van der Waals surface area contributed by atoms with Crippen LogP contribution in [0.4, 0.5) is 0 Å². The summed E-state index contributed by atoms with van der Waals surface area (Å²) >= 11 is 0. The van der Waals surface area contributed by atoms with Crippen LogP contribution in [0.2, 0.25) is 0 Å². The molecule has 0 saturated heterocycles. The van der Waals surface area contributed by atoms with E-state index < -0.39 is 5.97 Å². The number of rotatable bonds is 1. The SMILES string of the molecule is C[C@@H]1C=CC[C@H](C(=O)O)N1. The number of carboxylic acid groups (broad SMARTS) is 1. The van der Waals surface area contributed by atoms with Gasteiger partial charge in [0.1, 0.15) is 6.04 Å². The van der Waals surface area contributed by atoms with Crippen molar-refractivity contribution < 1.29 is 9.90 Å². The van der Waals surface area contributed by atoms with Crippen LogP contribution >= 0.6 is 0 Å². The minimum absolute atomic E-state index is 0.190. The highest BCUT2D eigenvalue weighted by Crippen LogP contribution is 2.03. The molecule has 10 heavy (non-hydrogen) atoms. The molecule has 56 valence electrons. The van der Waals surface area contributed by atoms with E-state index in [-0.39, 0.29) is 12.1 Å². The minimum Gasteiger partial charge on any atom is -0.480 e. The van der Waals surface area contributed by atoms with Crippen LogP contribution in [0.25, 0.3) is 0 Å². The average Bonchev–Trinajstić information content (AvgIpc) is 1.88. The first-order valence-electron chi connectivity index (χ1n) is 3.35.